The molecular weight excluding hydrogens is 350 g/mol. The van der Waals surface area contributed by atoms with E-state index in [1.807, 2.05) is 0 Å². The lowest BCUT2D eigenvalue weighted by molar-refractivity contribution is -0.154. The fourth-order valence-electron chi connectivity index (χ4n) is 3.15. The highest BCUT2D eigenvalue weighted by atomic mass is 16.6. The number of carboxylic acids is 1. The van der Waals surface area contributed by atoms with Crippen molar-refractivity contribution < 1.29 is 29.0 Å². The number of hydrogen-bond acceptors (Lipinski definition) is 6. The molecule has 0 bridgehead atoms. The van der Waals surface area contributed by atoms with Crippen molar-refractivity contribution in [2.75, 3.05) is 6.54 Å². The van der Waals surface area contributed by atoms with Gasteiger partial charge in [-0.3, -0.25) is 19.2 Å². The molecule has 7 nitrogen and oxygen atoms in total. The second kappa shape index (κ2) is 8.06. The van der Waals surface area contributed by atoms with Crippen molar-refractivity contribution >= 4 is 23.5 Å². The SMILES string of the molecule is CC1=C(NCCC(=O)OC(C)(C)C)C(=O)C(C(C)(C)CC(=O)O)=C(C)C1=O. The normalized spacial score (nSPS) is 16.0. The number of carbonyl (C=O) groups excluding carboxylic acids is 3. The third kappa shape index (κ3) is 5.77. The van der Waals surface area contributed by atoms with Gasteiger partial charge in [-0.25, -0.2) is 0 Å². The number of nitrogens with one attached hydrogen (secondary N) is 1. The third-order valence-electron chi connectivity index (χ3n) is 4.21. The number of ether oxygens (including phenoxy) is 1. The molecule has 0 spiro atoms. The van der Waals surface area contributed by atoms with E-state index in [9.17, 15) is 19.2 Å². The molecule has 0 aromatic heterocycles. The maximum absolute atomic E-state index is 13.0. The summed E-state index contributed by atoms with van der Waals surface area (Å²) in [5, 5.41) is 12.0. The molecule has 7 heteroatoms. The zero-order chi connectivity index (χ0) is 21.2. The Hall–Kier alpha value is -2.44. The van der Waals surface area contributed by atoms with E-state index >= 15 is 0 Å². The molecule has 1 rings (SSSR count). The summed E-state index contributed by atoms with van der Waals surface area (Å²) >= 11 is 0. The largest absolute Gasteiger partial charge is 0.481 e. The Balaban J connectivity index is 2.99. The molecule has 0 unspecified atom stereocenters. The van der Waals surface area contributed by atoms with Gasteiger partial charge in [0.15, 0.2) is 5.78 Å². The molecule has 0 aromatic carbocycles. The van der Waals surface area contributed by atoms with Crippen LogP contribution in [0.3, 0.4) is 0 Å². The van der Waals surface area contributed by atoms with Crippen LogP contribution >= 0.6 is 0 Å². The molecule has 0 aromatic rings. The van der Waals surface area contributed by atoms with Crippen molar-refractivity contribution in [2.45, 2.75) is 66.9 Å². The van der Waals surface area contributed by atoms with Gasteiger partial charge in [0.25, 0.3) is 0 Å². The molecule has 2 N–H and O–H groups in total. The lowest BCUT2D eigenvalue weighted by Gasteiger charge is -2.31. The number of ketones is 2. The zero-order valence-electron chi connectivity index (χ0n) is 17.1. The molecule has 0 heterocycles. The van der Waals surface area contributed by atoms with Crippen LogP contribution in [0.2, 0.25) is 0 Å². The average molecular weight is 379 g/mol. The highest BCUT2D eigenvalue weighted by Gasteiger charge is 2.39. The first-order valence-corrected chi connectivity index (χ1v) is 8.86. The fraction of sp³-hybridized carbons (Fsp3) is 0.600. The molecule has 1 aliphatic carbocycles. The first kappa shape index (κ1) is 22.6. The van der Waals surface area contributed by atoms with Crippen LogP contribution in [0.1, 0.15) is 61.3 Å². The second-order valence-electron chi connectivity index (χ2n) is 8.38. The standard InChI is InChI=1S/C20H29NO6/c1-11-15(20(6,7)10-13(22)23)18(26)16(12(2)17(11)25)21-9-8-14(24)27-19(3,4)5/h21H,8-10H2,1-7H3,(H,22,23). The van der Waals surface area contributed by atoms with E-state index in [0.29, 0.717) is 0 Å². The number of carboxylic acid groups (broad SMARTS) is 1. The molecule has 0 atom stereocenters. The number of hydrogen-bond donors (Lipinski definition) is 2. The van der Waals surface area contributed by atoms with E-state index in [1.54, 1.807) is 48.5 Å². The Morgan fingerprint density at radius 3 is 2.04 bits per heavy atom. The minimum atomic E-state index is -1.05. The van der Waals surface area contributed by atoms with Gasteiger partial charge in [0, 0.05) is 28.7 Å². The zero-order valence-corrected chi connectivity index (χ0v) is 17.1. The van der Waals surface area contributed by atoms with Crippen molar-refractivity contribution in [2.24, 2.45) is 5.41 Å². The van der Waals surface area contributed by atoms with Gasteiger partial charge in [0.1, 0.15) is 5.60 Å². The monoisotopic (exact) mass is 379 g/mol. The first-order valence-electron chi connectivity index (χ1n) is 8.86. The second-order valence-corrected chi connectivity index (χ2v) is 8.38. The van der Waals surface area contributed by atoms with Crippen LogP contribution in [-0.2, 0) is 23.9 Å². The summed E-state index contributed by atoms with van der Waals surface area (Å²) in [6.45, 7) is 11.8. The number of carbonyl (C=O) groups is 4. The van der Waals surface area contributed by atoms with Crippen LogP contribution in [0.25, 0.3) is 0 Å². The van der Waals surface area contributed by atoms with Crippen LogP contribution in [-0.4, -0.2) is 40.8 Å². The molecule has 0 saturated heterocycles. The quantitative estimate of drug-likeness (QED) is 0.517. The Morgan fingerprint density at radius 1 is 1.00 bits per heavy atom. The number of esters is 1. The molecule has 1 aliphatic rings. The Bertz CT molecular complexity index is 734. The van der Waals surface area contributed by atoms with Crippen LogP contribution in [0.15, 0.2) is 22.4 Å². The van der Waals surface area contributed by atoms with Gasteiger partial charge in [-0.15, -0.1) is 0 Å². The highest BCUT2D eigenvalue weighted by Crippen LogP contribution is 2.38. The third-order valence-corrected chi connectivity index (χ3v) is 4.21. The van der Waals surface area contributed by atoms with E-state index in [2.05, 4.69) is 5.32 Å². The molecule has 0 radical (unpaired) electrons. The van der Waals surface area contributed by atoms with Crippen LogP contribution in [0.5, 0.6) is 0 Å². The molecule has 150 valence electrons. The molecule has 0 aliphatic heterocycles. The van der Waals surface area contributed by atoms with E-state index in [4.69, 9.17) is 9.84 Å². The number of aliphatic carboxylic acids is 1. The van der Waals surface area contributed by atoms with Gasteiger partial charge < -0.3 is 15.2 Å². The maximum Gasteiger partial charge on any atom is 0.308 e. The summed E-state index contributed by atoms with van der Waals surface area (Å²) in [6, 6.07) is 0. The Kier molecular flexibility index (Phi) is 6.75. The smallest absolute Gasteiger partial charge is 0.308 e. The van der Waals surface area contributed by atoms with Crippen molar-refractivity contribution in [3.8, 4) is 0 Å². The minimum Gasteiger partial charge on any atom is -0.481 e. The number of rotatable bonds is 7. The lowest BCUT2D eigenvalue weighted by Crippen LogP contribution is -2.37. The Labute approximate surface area is 159 Å². The van der Waals surface area contributed by atoms with Gasteiger partial charge in [-0.05, 0) is 34.6 Å². The summed E-state index contributed by atoms with van der Waals surface area (Å²) in [5.41, 5.74) is -0.765. The first-order chi connectivity index (χ1) is 12.2. The van der Waals surface area contributed by atoms with E-state index < -0.39 is 28.7 Å². The van der Waals surface area contributed by atoms with E-state index in [0.717, 1.165) is 0 Å². The summed E-state index contributed by atoms with van der Waals surface area (Å²) < 4.78 is 5.22. The number of allylic oxidation sites excluding steroid dienone is 3. The lowest BCUT2D eigenvalue weighted by atomic mass is 9.72. The average Bonchev–Trinajstić information content (AvgIpc) is 2.45. The predicted molar refractivity (Wildman–Crippen MR) is 99.9 cm³/mol. The minimum absolute atomic E-state index is 0.0338. The Morgan fingerprint density at radius 2 is 1.56 bits per heavy atom. The van der Waals surface area contributed by atoms with Gasteiger partial charge >= 0.3 is 11.9 Å². The molecular formula is C20H29NO6. The number of Topliss-reactive ketones (excluding diaryl/α,β-unsaturated/α-hetero) is 2. The van der Waals surface area contributed by atoms with Gasteiger partial charge in [0.05, 0.1) is 18.5 Å². The summed E-state index contributed by atoms with van der Waals surface area (Å²) in [7, 11) is 0. The topological polar surface area (TPSA) is 110 Å². The molecule has 27 heavy (non-hydrogen) atoms. The van der Waals surface area contributed by atoms with Crippen LogP contribution < -0.4 is 5.32 Å². The summed E-state index contributed by atoms with van der Waals surface area (Å²) in [6.07, 6.45) is -0.241. The van der Waals surface area contributed by atoms with Crippen LogP contribution in [0.4, 0.5) is 0 Å². The van der Waals surface area contributed by atoms with Crippen LogP contribution in [0, 0.1) is 5.41 Å². The van der Waals surface area contributed by atoms with E-state index in [1.165, 1.54) is 0 Å². The maximum atomic E-state index is 13.0. The summed E-state index contributed by atoms with van der Waals surface area (Å²) in [4.78, 5) is 48.5. The molecule has 0 fully saturated rings. The highest BCUT2D eigenvalue weighted by molar-refractivity contribution is 6.25. The van der Waals surface area contributed by atoms with Gasteiger partial charge in [-0.1, -0.05) is 13.8 Å². The van der Waals surface area contributed by atoms with Crippen molar-refractivity contribution in [3.63, 3.8) is 0 Å². The molecule has 0 saturated carbocycles. The van der Waals surface area contributed by atoms with Crippen molar-refractivity contribution in [3.05, 3.63) is 22.4 Å². The van der Waals surface area contributed by atoms with Crippen molar-refractivity contribution in [1.29, 1.82) is 0 Å². The fourth-order valence-corrected chi connectivity index (χ4v) is 3.15. The predicted octanol–water partition coefficient (Wildman–Crippen LogP) is 2.55. The van der Waals surface area contributed by atoms with Crippen molar-refractivity contribution in [1.82, 2.24) is 5.32 Å². The van der Waals surface area contributed by atoms with Gasteiger partial charge in [-0.2, -0.15) is 0 Å². The summed E-state index contributed by atoms with van der Waals surface area (Å²) in [5.74, 6) is -2.17. The molecule has 0 amide bonds. The van der Waals surface area contributed by atoms with Gasteiger partial charge in [0.2, 0.25) is 5.78 Å². The van der Waals surface area contributed by atoms with E-state index in [-0.39, 0.29) is 47.6 Å².